The predicted octanol–water partition coefficient (Wildman–Crippen LogP) is 0.439. The maximum Gasteiger partial charge on any atom is 0.200 e. The average molecular weight is 100 g/mol. The van der Waals surface area contributed by atoms with Crippen molar-refractivity contribution in [2.24, 2.45) is 10.9 Å². The lowest BCUT2D eigenvalue weighted by Crippen LogP contribution is -1.93. The van der Waals surface area contributed by atoms with E-state index in [0.29, 0.717) is 0 Å². The summed E-state index contributed by atoms with van der Waals surface area (Å²) in [6, 6.07) is 0. The highest BCUT2D eigenvalue weighted by Gasteiger charge is 1.56. The van der Waals surface area contributed by atoms with Crippen LogP contribution in [0.15, 0.2) is 17.3 Å². The molecule has 0 heterocycles. The summed E-state index contributed by atoms with van der Waals surface area (Å²) in [5.41, 5.74) is 0. The minimum absolute atomic E-state index is 1.15. The molecule has 3 nitrogen and oxygen atoms in total. The maximum absolute atomic E-state index is 4.59. The molecule has 0 amide bonds. The lowest BCUT2D eigenvalue weighted by Gasteiger charge is -1.77. The Morgan fingerprint density at radius 3 is 2.86 bits per heavy atom. The highest BCUT2D eigenvalue weighted by atomic mass is 16.6. The van der Waals surface area contributed by atoms with E-state index >= 15 is 0 Å². The van der Waals surface area contributed by atoms with Gasteiger partial charge in [0.05, 0.1) is 0 Å². The number of nitrogens with zero attached hydrogens (tertiary/aromatic N) is 1. The maximum atomic E-state index is 4.59. The van der Waals surface area contributed by atoms with Crippen LogP contribution in [0.4, 0.5) is 0 Å². The van der Waals surface area contributed by atoms with E-state index in [-0.39, 0.29) is 0 Å². The van der Waals surface area contributed by atoms with E-state index in [1.807, 2.05) is 6.92 Å². The summed E-state index contributed by atoms with van der Waals surface area (Å²) in [6.45, 7) is 1.86. The summed E-state index contributed by atoms with van der Waals surface area (Å²) >= 11 is 0. The van der Waals surface area contributed by atoms with Crippen molar-refractivity contribution in [1.82, 2.24) is 0 Å². The number of rotatable bonds is 2. The van der Waals surface area contributed by atoms with Gasteiger partial charge in [0.15, 0.2) is 0 Å². The fraction of sp³-hybridized carbons (Fsp3) is 0.250. The molecule has 0 radical (unpaired) electrons. The van der Waals surface area contributed by atoms with Crippen LogP contribution in [0.25, 0.3) is 0 Å². The summed E-state index contributed by atoms with van der Waals surface area (Å²) in [7, 11) is 0. The van der Waals surface area contributed by atoms with Gasteiger partial charge in [-0.25, -0.2) is 4.99 Å². The minimum Gasteiger partial charge on any atom is -0.399 e. The molecule has 7 heavy (non-hydrogen) atoms. The van der Waals surface area contributed by atoms with Crippen LogP contribution >= 0.6 is 0 Å². The van der Waals surface area contributed by atoms with Crippen LogP contribution in [-0.4, -0.2) is 6.40 Å². The van der Waals surface area contributed by atoms with Crippen molar-refractivity contribution in [2.75, 3.05) is 0 Å². The van der Waals surface area contributed by atoms with Crippen LogP contribution in [-0.2, 0) is 4.84 Å². The van der Waals surface area contributed by atoms with Crippen molar-refractivity contribution in [3.05, 3.63) is 12.3 Å². The lowest BCUT2D eigenvalue weighted by molar-refractivity contribution is 0.338. The third-order valence-corrected chi connectivity index (χ3v) is 0.357. The van der Waals surface area contributed by atoms with Gasteiger partial charge in [-0.05, 0) is 6.92 Å². The number of aliphatic imine (C=N–C) groups is 1. The Kier molecular flexibility index (Phi) is 4.56. The van der Waals surface area contributed by atoms with Crippen LogP contribution in [0, 0.1) is 0 Å². The zero-order valence-electron chi connectivity index (χ0n) is 4.16. The fourth-order valence-corrected chi connectivity index (χ4v) is 0.156. The van der Waals surface area contributed by atoms with Crippen molar-refractivity contribution >= 4 is 6.40 Å². The second-order valence-electron chi connectivity index (χ2n) is 0.873. The van der Waals surface area contributed by atoms with Crippen molar-refractivity contribution in [3.63, 3.8) is 0 Å². The summed E-state index contributed by atoms with van der Waals surface area (Å²) in [5.74, 6) is 4.59. The Labute approximate surface area is 42.4 Å². The zero-order chi connectivity index (χ0) is 5.54. The normalized spacial score (nSPS) is 11.1. The summed E-state index contributed by atoms with van der Waals surface area (Å²) in [4.78, 5) is 7.56. The van der Waals surface area contributed by atoms with E-state index in [4.69, 9.17) is 0 Å². The average Bonchev–Trinajstić information content (AvgIpc) is 1.69. The molecule has 0 unspecified atom stereocenters. The van der Waals surface area contributed by atoms with E-state index in [0.717, 1.165) is 6.40 Å². The Bertz CT molecular complexity index is 77.8. The molecule has 0 bridgehead atoms. The van der Waals surface area contributed by atoms with Gasteiger partial charge in [-0.2, -0.15) is 5.90 Å². The van der Waals surface area contributed by atoms with Crippen LogP contribution in [0.3, 0.4) is 0 Å². The fourth-order valence-electron chi connectivity index (χ4n) is 0.156. The van der Waals surface area contributed by atoms with E-state index in [9.17, 15) is 0 Å². The van der Waals surface area contributed by atoms with Gasteiger partial charge < -0.3 is 4.84 Å². The van der Waals surface area contributed by atoms with Crippen LogP contribution in [0.1, 0.15) is 6.92 Å². The molecule has 2 N–H and O–H groups in total. The largest absolute Gasteiger partial charge is 0.399 e. The van der Waals surface area contributed by atoms with Gasteiger partial charge in [0.1, 0.15) is 0 Å². The molecule has 0 fully saturated rings. The van der Waals surface area contributed by atoms with Crippen molar-refractivity contribution in [3.8, 4) is 0 Å². The van der Waals surface area contributed by atoms with Crippen molar-refractivity contribution < 1.29 is 4.84 Å². The Morgan fingerprint density at radius 1 is 1.71 bits per heavy atom. The lowest BCUT2D eigenvalue weighted by atomic mass is 10.7. The topological polar surface area (TPSA) is 47.6 Å². The first-order valence-corrected chi connectivity index (χ1v) is 1.90. The van der Waals surface area contributed by atoms with Gasteiger partial charge in [-0.3, -0.25) is 0 Å². The van der Waals surface area contributed by atoms with Gasteiger partial charge in [-0.15, -0.1) is 0 Å². The van der Waals surface area contributed by atoms with E-state index in [1.54, 1.807) is 12.3 Å². The molecular weight excluding hydrogens is 92.1 g/mol. The summed E-state index contributed by atoms with van der Waals surface area (Å²) in [5, 5.41) is 0. The third-order valence-electron chi connectivity index (χ3n) is 0.357. The molecule has 0 aliphatic carbocycles. The molecular formula is C4H8N2O. The molecule has 3 heteroatoms. The second-order valence-corrected chi connectivity index (χ2v) is 0.873. The molecule has 0 saturated heterocycles. The third kappa shape index (κ3) is 5.17. The number of nitrogens with two attached hydrogens (primary N) is 1. The summed E-state index contributed by atoms with van der Waals surface area (Å²) in [6.07, 6.45) is 4.50. The standard InChI is InChI=1S/C4H8N2O/c1-2-3-6-4-7-5/h2-4H,5H2,1H3/b3-2+,6-4?. The van der Waals surface area contributed by atoms with Gasteiger partial charge in [0.2, 0.25) is 6.40 Å². The van der Waals surface area contributed by atoms with Crippen LogP contribution in [0.2, 0.25) is 0 Å². The van der Waals surface area contributed by atoms with Crippen molar-refractivity contribution in [2.45, 2.75) is 6.92 Å². The molecule has 0 rings (SSSR count). The molecule has 0 aromatic rings. The molecule has 40 valence electrons. The first-order valence-electron chi connectivity index (χ1n) is 1.90. The van der Waals surface area contributed by atoms with Crippen LogP contribution < -0.4 is 5.90 Å². The molecule has 0 aliphatic heterocycles. The minimum atomic E-state index is 1.15. The Hall–Kier alpha value is -0.830. The van der Waals surface area contributed by atoms with E-state index < -0.39 is 0 Å². The molecule has 0 atom stereocenters. The molecule has 0 aromatic heterocycles. The molecule has 0 spiro atoms. The highest BCUT2D eigenvalue weighted by Crippen LogP contribution is 1.67. The number of hydrogen-bond donors (Lipinski definition) is 1. The van der Waals surface area contributed by atoms with Gasteiger partial charge in [-0.1, -0.05) is 6.08 Å². The van der Waals surface area contributed by atoms with E-state index in [1.165, 1.54) is 0 Å². The molecule has 0 aliphatic rings. The zero-order valence-corrected chi connectivity index (χ0v) is 4.16. The predicted molar refractivity (Wildman–Crippen MR) is 28.6 cm³/mol. The molecule has 0 aromatic carbocycles. The van der Waals surface area contributed by atoms with Gasteiger partial charge >= 0.3 is 0 Å². The Morgan fingerprint density at radius 2 is 2.43 bits per heavy atom. The molecule has 0 saturated carbocycles. The highest BCUT2D eigenvalue weighted by molar-refractivity contribution is 5.46. The van der Waals surface area contributed by atoms with Crippen molar-refractivity contribution in [1.29, 1.82) is 0 Å². The first kappa shape index (κ1) is 6.17. The smallest absolute Gasteiger partial charge is 0.200 e. The number of hydrogen-bond acceptors (Lipinski definition) is 3. The summed E-state index contributed by atoms with van der Waals surface area (Å²) < 4.78 is 0. The number of allylic oxidation sites excluding steroid dienone is 1. The first-order chi connectivity index (χ1) is 3.41. The van der Waals surface area contributed by atoms with E-state index in [2.05, 4.69) is 15.7 Å². The Balaban J connectivity index is 3.09. The second kappa shape index (κ2) is 5.17. The SMILES string of the molecule is C/C=C/N=CON. The quantitative estimate of drug-likeness (QED) is 0.311. The van der Waals surface area contributed by atoms with Gasteiger partial charge in [0, 0.05) is 6.20 Å². The van der Waals surface area contributed by atoms with Gasteiger partial charge in [0.25, 0.3) is 0 Å². The monoisotopic (exact) mass is 100 g/mol. The van der Waals surface area contributed by atoms with Crippen LogP contribution in [0.5, 0.6) is 0 Å².